The van der Waals surface area contributed by atoms with E-state index in [1.165, 1.54) is 7.11 Å². The molecule has 1 atom stereocenters. The minimum absolute atomic E-state index is 0.221. The lowest BCUT2D eigenvalue weighted by atomic mass is 10.2. The average Bonchev–Trinajstić information content (AvgIpc) is 2.81. The molecule has 0 heterocycles. The predicted molar refractivity (Wildman–Crippen MR) is 110 cm³/mol. The molecule has 0 aliphatic heterocycles. The number of rotatable bonds is 9. The molecule has 0 fully saturated rings. The van der Waals surface area contributed by atoms with Crippen LogP contribution in [0.25, 0.3) is 0 Å². The fraction of sp³-hybridized carbons (Fsp3) is 0.364. The summed E-state index contributed by atoms with van der Waals surface area (Å²) < 4.78 is 19.7. The van der Waals surface area contributed by atoms with Crippen LogP contribution in [0.5, 0.6) is 11.5 Å². The Kier molecular flexibility index (Phi) is 11.6. The molecule has 0 aliphatic rings. The third-order valence-electron chi connectivity index (χ3n) is 3.71. The molecule has 2 rings (SSSR count). The number of methoxy groups -OCH3 is 2. The van der Waals surface area contributed by atoms with Crippen molar-refractivity contribution in [2.24, 2.45) is 0 Å². The summed E-state index contributed by atoms with van der Waals surface area (Å²) >= 11 is 0. The van der Waals surface area contributed by atoms with Crippen molar-refractivity contribution in [3.05, 3.63) is 59.7 Å². The maximum atomic E-state index is 11.4. The van der Waals surface area contributed by atoms with E-state index in [0.29, 0.717) is 23.5 Å². The first-order valence-electron chi connectivity index (χ1n) is 9.36. The van der Waals surface area contributed by atoms with Crippen molar-refractivity contribution >= 4 is 11.9 Å². The lowest BCUT2D eigenvalue weighted by Crippen LogP contribution is -2.21. The highest BCUT2D eigenvalue weighted by Gasteiger charge is 2.10. The minimum Gasteiger partial charge on any atom is -0.497 e. The first-order chi connectivity index (χ1) is 14.4. The highest BCUT2D eigenvalue weighted by Crippen LogP contribution is 2.13. The van der Waals surface area contributed by atoms with E-state index in [1.807, 2.05) is 6.92 Å². The molecule has 0 aliphatic carbocycles. The van der Waals surface area contributed by atoms with Crippen molar-refractivity contribution in [3.63, 3.8) is 0 Å². The topological polar surface area (TPSA) is 112 Å². The number of esters is 2. The Bertz CT molecular complexity index is 756. The molecule has 30 heavy (non-hydrogen) atoms. The fourth-order valence-electron chi connectivity index (χ4n) is 2.04. The van der Waals surface area contributed by atoms with E-state index in [4.69, 9.17) is 29.2 Å². The summed E-state index contributed by atoms with van der Waals surface area (Å²) in [6.45, 7) is 1.77. The van der Waals surface area contributed by atoms with Gasteiger partial charge in [0.15, 0.2) is 0 Å². The van der Waals surface area contributed by atoms with Gasteiger partial charge in [0.2, 0.25) is 0 Å². The van der Waals surface area contributed by atoms with Crippen LogP contribution >= 0.6 is 0 Å². The molecule has 164 valence electrons. The molecule has 8 heteroatoms. The number of hydrogen-bond donors (Lipinski definition) is 2. The number of ether oxygens (including phenoxy) is 4. The fourth-order valence-corrected chi connectivity index (χ4v) is 2.04. The summed E-state index contributed by atoms with van der Waals surface area (Å²) in [4.78, 5) is 22.7. The summed E-state index contributed by atoms with van der Waals surface area (Å²) in [5.74, 6) is 0.550. The number of hydrogen-bond acceptors (Lipinski definition) is 8. The van der Waals surface area contributed by atoms with Gasteiger partial charge in [-0.25, -0.2) is 9.59 Å². The van der Waals surface area contributed by atoms with E-state index in [2.05, 4.69) is 0 Å². The van der Waals surface area contributed by atoms with Crippen LogP contribution in [-0.2, 0) is 9.47 Å². The van der Waals surface area contributed by atoms with Crippen LogP contribution in [0.1, 0.15) is 34.1 Å². The molecule has 0 saturated heterocycles. The second-order valence-electron chi connectivity index (χ2n) is 6.03. The average molecular weight is 420 g/mol. The van der Waals surface area contributed by atoms with Gasteiger partial charge in [0, 0.05) is 0 Å². The first kappa shape index (κ1) is 24.9. The summed E-state index contributed by atoms with van der Waals surface area (Å²) in [5, 5.41) is 17.5. The Balaban J connectivity index is 0.000000303. The molecule has 2 aromatic rings. The Morgan fingerprint density at radius 1 is 0.833 bits per heavy atom. The molecular weight excluding hydrogens is 392 g/mol. The van der Waals surface area contributed by atoms with Crippen LogP contribution in [-0.4, -0.2) is 62.3 Å². The van der Waals surface area contributed by atoms with Gasteiger partial charge in [-0.2, -0.15) is 0 Å². The number of carbonyl (C=O) groups is 2. The lowest BCUT2D eigenvalue weighted by Gasteiger charge is -2.08. The highest BCUT2D eigenvalue weighted by atomic mass is 16.5. The van der Waals surface area contributed by atoms with E-state index in [1.54, 1.807) is 55.6 Å². The molecule has 0 spiro atoms. The zero-order valence-electron chi connectivity index (χ0n) is 17.4. The van der Waals surface area contributed by atoms with Crippen molar-refractivity contribution in [3.8, 4) is 11.5 Å². The lowest BCUT2D eigenvalue weighted by molar-refractivity contribution is 0.00932. The summed E-state index contributed by atoms with van der Waals surface area (Å²) in [5.41, 5.74) is 0.921. The minimum atomic E-state index is -1.04. The number of carbonyl (C=O) groups excluding carboxylic acids is 2. The molecule has 0 saturated carbocycles. The van der Waals surface area contributed by atoms with Crippen LogP contribution in [0.4, 0.5) is 0 Å². The third kappa shape index (κ3) is 8.93. The second-order valence-corrected chi connectivity index (χ2v) is 6.03. The van der Waals surface area contributed by atoms with E-state index in [9.17, 15) is 9.59 Å². The molecule has 2 aromatic carbocycles. The monoisotopic (exact) mass is 420 g/mol. The second kappa shape index (κ2) is 14.0. The maximum absolute atomic E-state index is 11.4. The summed E-state index contributed by atoms with van der Waals surface area (Å²) in [7, 11) is 3.12. The smallest absolute Gasteiger partial charge is 0.338 e. The zero-order valence-corrected chi connectivity index (χ0v) is 17.4. The Hall–Kier alpha value is -3.10. The van der Waals surface area contributed by atoms with E-state index >= 15 is 0 Å². The highest BCUT2D eigenvalue weighted by molar-refractivity contribution is 5.90. The van der Waals surface area contributed by atoms with Gasteiger partial charge in [-0.1, -0.05) is 6.92 Å². The standard InChI is InChI=1S/C11H14O5.C11H14O3/c1-15-10-4-2-8(3-5-10)11(14)16-7-9(13)6-12;1-3-8-14-11(12)9-4-6-10(13-2)7-5-9/h2-5,9,12-13H,6-7H2,1H3;4-7H,3,8H2,1-2H3/t9-;/m1./s1. The van der Waals surface area contributed by atoms with Crippen LogP contribution in [0.15, 0.2) is 48.5 Å². The van der Waals surface area contributed by atoms with Crippen molar-refractivity contribution in [1.82, 2.24) is 0 Å². The van der Waals surface area contributed by atoms with Gasteiger partial charge in [0.05, 0.1) is 38.6 Å². The van der Waals surface area contributed by atoms with Crippen LogP contribution in [0.2, 0.25) is 0 Å². The molecule has 0 radical (unpaired) electrons. The molecule has 8 nitrogen and oxygen atoms in total. The van der Waals surface area contributed by atoms with Gasteiger partial charge in [0.1, 0.15) is 24.2 Å². The number of aliphatic hydroxyl groups excluding tert-OH is 2. The molecule has 0 bridgehead atoms. The first-order valence-corrected chi connectivity index (χ1v) is 9.36. The third-order valence-corrected chi connectivity index (χ3v) is 3.71. The molecule has 0 amide bonds. The van der Waals surface area contributed by atoms with Gasteiger partial charge in [-0.05, 0) is 55.0 Å². The van der Waals surface area contributed by atoms with Gasteiger partial charge in [-0.15, -0.1) is 0 Å². The Morgan fingerprint density at radius 2 is 1.27 bits per heavy atom. The van der Waals surface area contributed by atoms with E-state index in [-0.39, 0.29) is 12.6 Å². The van der Waals surface area contributed by atoms with Gasteiger partial charge < -0.3 is 29.2 Å². The summed E-state index contributed by atoms with van der Waals surface area (Å²) in [6, 6.07) is 13.3. The maximum Gasteiger partial charge on any atom is 0.338 e. The molecule has 2 N–H and O–H groups in total. The van der Waals surface area contributed by atoms with Crippen molar-refractivity contribution < 1.29 is 38.7 Å². The van der Waals surface area contributed by atoms with Crippen molar-refractivity contribution in [2.75, 3.05) is 34.0 Å². The van der Waals surface area contributed by atoms with Gasteiger partial charge in [-0.3, -0.25) is 0 Å². The van der Waals surface area contributed by atoms with Crippen LogP contribution in [0, 0.1) is 0 Å². The quantitative estimate of drug-likeness (QED) is 0.595. The molecule has 0 aromatic heterocycles. The van der Waals surface area contributed by atoms with Gasteiger partial charge >= 0.3 is 11.9 Å². The van der Waals surface area contributed by atoms with Gasteiger partial charge in [0.25, 0.3) is 0 Å². The SMILES string of the molecule is CCCOC(=O)c1ccc(OC)cc1.COc1ccc(C(=O)OC[C@H](O)CO)cc1. The number of aliphatic hydroxyl groups is 2. The normalized spacial score (nSPS) is 10.8. The number of benzene rings is 2. The largest absolute Gasteiger partial charge is 0.497 e. The Morgan fingerprint density at radius 3 is 1.63 bits per heavy atom. The van der Waals surface area contributed by atoms with Crippen LogP contribution in [0.3, 0.4) is 0 Å². The predicted octanol–water partition coefficient (Wildman–Crippen LogP) is 2.47. The van der Waals surface area contributed by atoms with E-state index < -0.39 is 18.7 Å². The Labute approximate surface area is 176 Å². The van der Waals surface area contributed by atoms with Crippen molar-refractivity contribution in [1.29, 1.82) is 0 Å². The summed E-state index contributed by atoms with van der Waals surface area (Å²) in [6.07, 6.45) is -0.204. The molecular formula is C22H28O8. The van der Waals surface area contributed by atoms with E-state index in [0.717, 1.165) is 12.2 Å². The zero-order chi connectivity index (χ0) is 22.4. The van der Waals surface area contributed by atoms with Crippen molar-refractivity contribution in [2.45, 2.75) is 19.4 Å². The molecule has 0 unspecified atom stereocenters. The van der Waals surface area contributed by atoms with Crippen LogP contribution < -0.4 is 9.47 Å².